The number of carbonyl (C=O) groups is 5. The molecule has 2 rings (SSSR count). The molecule has 2 unspecified atom stereocenters. The second-order valence-corrected chi connectivity index (χ2v) is 25.9. The minimum Gasteiger partial charge on any atom is -0.459 e. The van der Waals surface area contributed by atoms with Gasteiger partial charge in [0.15, 0.2) is 0 Å². The molecule has 1 aromatic rings. The lowest BCUT2D eigenvalue weighted by atomic mass is 9.84. The van der Waals surface area contributed by atoms with Crippen LogP contribution in [0.4, 0.5) is 0 Å². The van der Waals surface area contributed by atoms with Gasteiger partial charge in [-0.2, -0.15) is 0 Å². The van der Waals surface area contributed by atoms with Gasteiger partial charge in [0.05, 0.1) is 6.54 Å². The third kappa shape index (κ3) is 27.8. The molecule has 0 aliphatic carbocycles. The van der Waals surface area contributed by atoms with E-state index in [1.54, 1.807) is 20.8 Å². The molecule has 15 heteroatoms. The number of amides is 2. The normalized spacial score (nSPS) is 17.3. The molecule has 0 radical (unpaired) electrons. The zero-order chi connectivity index (χ0) is 53.1. The van der Waals surface area contributed by atoms with Crippen molar-refractivity contribution < 1.29 is 38.2 Å². The van der Waals surface area contributed by atoms with Crippen molar-refractivity contribution in [2.24, 2.45) is 10.8 Å². The number of esters is 3. The molecule has 70 heavy (non-hydrogen) atoms. The fraction of sp³-hybridized carbons (Fsp3) is 0.800. The summed E-state index contributed by atoms with van der Waals surface area (Å²) < 4.78 is 18.8. The van der Waals surface area contributed by atoms with Gasteiger partial charge in [0, 0.05) is 87.9 Å². The first-order chi connectivity index (χ1) is 32.2. The third-order valence-corrected chi connectivity index (χ3v) is 12.6. The lowest BCUT2D eigenvalue weighted by Crippen LogP contribution is -2.54. The summed E-state index contributed by atoms with van der Waals surface area (Å²) in [5, 5.41) is 5.95. The number of hydrogen-bond donors (Lipinski definition) is 2. The highest BCUT2D eigenvalue weighted by atomic mass is 127. The molecule has 0 spiro atoms. The first kappa shape index (κ1) is 63.3. The topological polar surface area (TPSA) is 150 Å². The summed E-state index contributed by atoms with van der Waals surface area (Å²) in [4.78, 5) is 77.3. The molecular formula is C55H97IN6O8. The van der Waals surface area contributed by atoms with Crippen LogP contribution in [0.2, 0.25) is 0 Å². The van der Waals surface area contributed by atoms with E-state index >= 15 is 0 Å². The molecule has 1 aliphatic rings. The smallest absolute Gasteiger partial charge is 0.329 e. The number of halogens is 1. The Labute approximate surface area is 438 Å². The molecule has 2 amide bonds. The number of benzene rings is 1. The predicted molar refractivity (Wildman–Crippen MR) is 290 cm³/mol. The standard InChI is InChI=1S/C55H97IN6O8/c1-17-45(52(5,6)7)62-37-32-59(39-48(65)68-53(8,9)10)31-35-61(36-33-60(34-38-62)40-51(2,3)4)44(50(67)70-55(14,15)16)28-29-47(64)58-43(49(66)69-54(11,12)13)22-18-19-30-57-46(63)23-20-21-41-24-26-42(56)27-25-41/h24-27,43-45H,17-23,28-40H2,1-16H3,(H,57,63)(H,58,64)/t43-,44?,45?/m0/s1. The van der Waals surface area contributed by atoms with Crippen LogP contribution in [0.15, 0.2) is 24.3 Å². The van der Waals surface area contributed by atoms with Crippen LogP contribution in [0.3, 0.4) is 0 Å². The molecule has 1 aliphatic heterocycles. The largest absolute Gasteiger partial charge is 0.459 e. The van der Waals surface area contributed by atoms with Crippen LogP contribution in [0.25, 0.3) is 0 Å². The molecular weight excluding hydrogens is 1000 g/mol. The molecule has 0 aromatic heterocycles. The lowest BCUT2D eigenvalue weighted by molar-refractivity contribution is -0.163. The molecule has 3 atom stereocenters. The number of aryl methyl sites for hydroxylation is 1. The highest BCUT2D eigenvalue weighted by Crippen LogP contribution is 2.28. The van der Waals surface area contributed by atoms with Crippen molar-refractivity contribution in [3.8, 4) is 0 Å². The second kappa shape index (κ2) is 29.1. The van der Waals surface area contributed by atoms with Crippen molar-refractivity contribution in [1.29, 1.82) is 0 Å². The van der Waals surface area contributed by atoms with Crippen LogP contribution in [0.1, 0.15) is 168 Å². The Morgan fingerprint density at radius 3 is 1.66 bits per heavy atom. The summed E-state index contributed by atoms with van der Waals surface area (Å²) in [5.74, 6) is -1.62. The Hall–Kier alpha value is -2.86. The second-order valence-electron chi connectivity index (χ2n) is 24.6. The molecule has 1 aromatic carbocycles. The molecule has 1 saturated heterocycles. The van der Waals surface area contributed by atoms with E-state index in [2.05, 4.69) is 126 Å². The highest BCUT2D eigenvalue weighted by molar-refractivity contribution is 14.1. The van der Waals surface area contributed by atoms with Gasteiger partial charge in [0.2, 0.25) is 11.8 Å². The molecule has 14 nitrogen and oxygen atoms in total. The fourth-order valence-electron chi connectivity index (χ4n) is 8.98. The summed E-state index contributed by atoms with van der Waals surface area (Å²) in [7, 11) is 0. The van der Waals surface area contributed by atoms with Crippen molar-refractivity contribution in [3.63, 3.8) is 0 Å². The van der Waals surface area contributed by atoms with Gasteiger partial charge in [-0.25, -0.2) is 4.79 Å². The van der Waals surface area contributed by atoms with E-state index in [1.165, 1.54) is 9.13 Å². The zero-order valence-electron chi connectivity index (χ0n) is 46.6. The molecule has 2 N–H and O–H groups in total. The van der Waals surface area contributed by atoms with Crippen molar-refractivity contribution in [2.45, 2.75) is 203 Å². The Bertz CT molecular complexity index is 1760. The number of ether oxygens (including phenoxy) is 3. The van der Waals surface area contributed by atoms with E-state index in [0.717, 1.165) is 45.4 Å². The van der Waals surface area contributed by atoms with Gasteiger partial charge in [0.1, 0.15) is 28.9 Å². The molecule has 1 heterocycles. The minimum atomic E-state index is -0.907. The number of nitrogens with one attached hydrogen (secondary N) is 2. The Morgan fingerprint density at radius 1 is 0.614 bits per heavy atom. The van der Waals surface area contributed by atoms with Crippen molar-refractivity contribution in [2.75, 3.05) is 72.0 Å². The first-order valence-corrected chi connectivity index (χ1v) is 27.2. The third-order valence-electron chi connectivity index (χ3n) is 11.9. The average molecular weight is 1100 g/mol. The summed E-state index contributed by atoms with van der Waals surface area (Å²) >= 11 is 2.28. The maximum atomic E-state index is 14.4. The highest BCUT2D eigenvalue weighted by Gasteiger charge is 2.35. The van der Waals surface area contributed by atoms with Crippen molar-refractivity contribution in [1.82, 2.24) is 30.2 Å². The van der Waals surface area contributed by atoms with Crippen LogP contribution in [-0.2, 0) is 44.6 Å². The van der Waals surface area contributed by atoms with Gasteiger partial charge >= 0.3 is 17.9 Å². The van der Waals surface area contributed by atoms with E-state index in [4.69, 9.17) is 14.2 Å². The summed E-state index contributed by atoms with van der Waals surface area (Å²) in [6.45, 7) is 39.1. The molecule has 402 valence electrons. The van der Waals surface area contributed by atoms with Gasteiger partial charge < -0.3 is 29.7 Å². The minimum absolute atomic E-state index is 0.00942. The summed E-state index contributed by atoms with van der Waals surface area (Å²) in [5.41, 5.74) is -0.904. The maximum Gasteiger partial charge on any atom is 0.329 e. The first-order valence-electron chi connectivity index (χ1n) is 26.1. The van der Waals surface area contributed by atoms with E-state index in [-0.39, 0.29) is 48.0 Å². The fourth-order valence-corrected chi connectivity index (χ4v) is 9.34. The van der Waals surface area contributed by atoms with Crippen LogP contribution in [0, 0.1) is 14.4 Å². The van der Waals surface area contributed by atoms with Gasteiger partial charge in [-0.05, 0) is 158 Å². The zero-order valence-corrected chi connectivity index (χ0v) is 48.8. The summed E-state index contributed by atoms with van der Waals surface area (Å²) in [6.07, 6.45) is 4.66. The number of rotatable bonds is 21. The number of carbonyl (C=O) groups excluding carboxylic acids is 5. The van der Waals surface area contributed by atoms with Gasteiger partial charge in [-0.1, -0.05) is 60.6 Å². The van der Waals surface area contributed by atoms with Gasteiger partial charge in [-0.15, -0.1) is 0 Å². The molecule has 1 fully saturated rings. The van der Waals surface area contributed by atoms with E-state index in [1.807, 2.05) is 41.5 Å². The van der Waals surface area contributed by atoms with Gasteiger partial charge in [0.25, 0.3) is 0 Å². The Morgan fingerprint density at radius 2 is 1.14 bits per heavy atom. The van der Waals surface area contributed by atoms with E-state index < -0.39 is 40.8 Å². The molecule has 0 bridgehead atoms. The van der Waals surface area contributed by atoms with E-state index in [9.17, 15) is 24.0 Å². The Balaban J connectivity index is 2.35. The van der Waals surface area contributed by atoms with E-state index in [0.29, 0.717) is 71.0 Å². The lowest BCUT2D eigenvalue weighted by Gasteiger charge is -2.43. The van der Waals surface area contributed by atoms with Crippen LogP contribution < -0.4 is 10.6 Å². The monoisotopic (exact) mass is 1100 g/mol. The molecule has 0 saturated carbocycles. The number of unbranched alkanes of at least 4 members (excludes halogenated alkanes) is 1. The van der Waals surface area contributed by atoms with Crippen molar-refractivity contribution >= 4 is 52.3 Å². The SMILES string of the molecule is CCC(N1CCN(CC(=O)OC(C)(C)C)CCN(C(CCC(=O)N[C@@H](CCCCNC(=O)CCCc2ccc(I)cc2)C(=O)OC(C)(C)C)C(=O)OC(C)(C)C)CCN(CC(C)(C)C)CC1)C(C)(C)C. The summed E-state index contributed by atoms with van der Waals surface area (Å²) in [6, 6.07) is 6.96. The van der Waals surface area contributed by atoms with Gasteiger partial charge in [-0.3, -0.25) is 33.9 Å². The Kier molecular flexibility index (Phi) is 26.3. The van der Waals surface area contributed by atoms with Crippen LogP contribution in [-0.4, -0.2) is 156 Å². The number of nitrogens with zero attached hydrogens (tertiary/aromatic N) is 4. The quantitative estimate of drug-likeness (QED) is 0.0525. The van der Waals surface area contributed by atoms with Crippen LogP contribution in [0.5, 0.6) is 0 Å². The predicted octanol–water partition coefficient (Wildman–Crippen LogP) is 8.65. The van der Waals surface area contributed by atoms with Crippen LogP contribution >= 0.6 is 22.6 Å². The number of hydrogen-bond acceptors (Lipinski definition) is 12. The maximum absolute atomic E-state index is 14.4. The van der Waals surface area contributed by atoms with Crippen molar-refractivity contribution in [3.05, 3.63) is 33.4 Å². The average Bonchev–Trinajstić information content (AvgIpc) is 3.18.